The van der Waals surface area contributed by atoms with E-state index < -0.39 is 25.0 Å². The molecule has 204 valence electrons. The zero-order chi connectivity index (χ0) is 27.6. The highest BCUT2D eigenvalue weighted by atomic mass is 28.4. The van der Waals surface area contributed by atoms with Crippen molar-refractivity contribution in [2.75, 3.05) is 6.61 Å². The Kier molecular flexibility index (Phi) is 11.8. The predicted molar refractivity (Wildman–Crippen MR) is 157 cm³/mol. The van der Waals surface area contributed by atoms with Gasteiger partial charge in [-0.25, -0.2) is 0 Å². The quantitative estimate of drug-likeness (QED) is 0.214. The minimum absolute atomic E-state index is 0.0280. The molecule has 0 aromatic carbocycles. The Balaban J connectivity index is 6.38. The van der Waals surface area contributed by atoms with Crippen LogP contribution in [0.1, 0.15) is 82.6 Å². The molecule has 0 rings (SSSR count). The van der Waals surface area contributed by atoms with Gasteiger partial charge in [-0.1, -0.05) is 68.4 Å². The highest BCUT2D eigenvalue weighted by Gasteiger charge is 2.45. The maximum atomic E-state index is 9.85. The predicted octanol–water partition coefficient (Wildman–Crippen LogP) is 8.51. The lowest BCUT2D eigenvalue weighted by Crippen LogP contribution is -2.53. The molecule has 0 unspecified atom stereocenters. The second kappa shape index (κ2) is 11.7. The summed E-state index contributed by atoms with van der Waals surface area (Å²) >= 11 is 0. The molecule has 0 saturated heterocycles. The monoisotopic (exact) mass is 532 g/mol. The van der Waals surface area contributed by atoms with E-state index in [-0.39, 0.29) is 40.0 Å². The van der Waals surface area contributed by atoms with Gasteiger partial charge in [0.25, 0.3) is 0 Å². The molecule has 3 atom stereocenters. The van der Waals surface area contributed by atoms with Crippen LogP contribution in [0.25, 0.3) is 0 Å². The van der Waals surface area contributed by atoms with E-state index in [1.54, 1.807) is 0 Å². The second-order valence-corrected chi connectivity index (χ2v) is 29.1. The normalized spacial score (nSPS) is 18.1. The van der Waals surface area contributed by atoms with Crippen LogP contribution in [0, 0.1) is 0 Å². The molecule has 0 aliphatic rings. The van der Waals surface area contributed by atoms with Crippen molar-refractivity contribution in [1.29, 1.82) is 0 Å². The summed E-state index contributed by atoms with van der Waals surface area (Å²) in [5, 5.41) is 10.2. The van der Waals surface area contributed by atoms with Gasteiger partial charge in [0.2, 0.25) is 0 Å². The van der Waals surface area contributed by atoms with Crippen molar-refractivity contribution < 1.29 is 18.4 Å². The molecule has 0 amide bonds. The third kappa shape index (κ3) is 9.94. The topological polar surface area (TPSA) is 47.9 Å². The van der Waals surface area contributed by atoms with Crippen LogP contribution >= 0.6 is 0 Å². The molecule has 0 spiro atoms. The average Bonchev–Trinajstić information content (AvgIpc) is 2.56. The largest absolute Gasteiger partial charge is 0.414 e. The van der Waals surface area contributed by atoms with Crippen LogP contribution in [0.5, 0.6) is 0 Å². The third-order valence-corrected chi connectivity index (χ3v) is 22.0. The molecule has 4 nitrogen and oxygen atoms in total. The molecule has 0 fully saturated rings. The molecule has 0 aromatic heterocycles. The van der Waals surface area contributed by atoms with Gasteiger partial charge in [-0.2, -0.15) is 0 Å². The fraction of sp³-hybridized carbons (Fsp3) is 0.926. The fourth-order valence-corrected chi connectivity index (χ4v) is 6.98. The first kappa shape index (κ1) is 34.2. The van der Waals surface area contributed by atoms with Crippen LogP contribution in [0.15, 0.2) is 11.6 Å². The van der Waals surface area contributed by atoms with E-state index in [0.717, 1.165) is 12.0 Å². The highest BCUT2D eigenvalue weighted by Crippen LogP contribution is 2.42. The number of aliphatic hydroxyl groups excluding tert-OH is 1. The van der Waals surface area contributed by atoms with Gasteiger partial charge in [0.1, 0.15) is 0 Å². The lowest BCUT2D eigenvalue weighted by molar-refractivity contribution is 0.0291. The summed E-state index contributed by atoms with van der Waals surface area (Å²) < 4.78 is 20.9. The van der Waals surface area contributed by atoms with E-state index in [1.165, 1.54) is 0 Å². The Bertz CT molecular complexity index is 665. The summed E-state index contributed by atoms with van der Waals surface area (Å²) in [5.41, 5.74) is 0.922. The molecular weight excluding hydrogens is 473 g/mol. The Morgan fingerprint density at radius 3 is 1.41 bits per heavy atom. The van der Waals surface area contributed by atoms with Crippen LogP contribution in [0.3, 0.4) is 0 Å². The minimum atomic E-state index is -2.08. The molecule has 0 aliphatic heterocycles. The maximum Gasteiger partial charge on any atom is 0.193 e. The SMILES string of the molecule is C/C(=C\[C@H](O[Si](C)(C)C(C)(C)C)[C@H](C[C@H](C)O[Si](C)(C)C(C)(C)C)O[Si](C)(C)C(C)(C)C)CO. The first-order chi connectivity index (χ1) is 14.8. The van der Waals surface area contributed by atoms with Crippen molar-refractivity contribution >= 4 is 25.0 Å². The lowest BCUT2D eigenvalue weighted by atomic mass is 10.1. The molecule has 34 heavy (non-hydrogen) atoms. The third-order valence-electron chi connectivity index (χ3n) is 8.42. The van der Waals surface area contributed by atoms with Crippen LogP contribution in [0.4, 0.5) is 0 Å². The van der Waals surface area contributed by atoms with E-state index in [9.17, 15) is 5.11 Å². The smallest absolute Gasteiger partial charge is 0.193 e. The van der Waals surface area contributed by atoms with Crippen molar-refractivity contribution in [1.82, 2.24) is 0 Å². The summed E-state index contributed by atoms with van der Waals surface area (Å²) in [7, 11) is -6.07. The Morgan fingerprint density at radius 2 is 1.06 bits per heavy atom. The van der Waals surface area contributed by atoms with Crippen LogP contribution in [0.2, 0.25) is 54.4 Å². The van der Waals surface area contributed by atoms with Gasteiger partial charge in [-0.05, 0) is 80.2 Å². The first-order valence-corrected chi connectivity index (χ1v) is 21.8. The van der Waals surface area contributed by atoms with Gasteiger partial charge in [0, 0.05) is 6.10 Å². The first-order valence-electron chi connectivity index (χ1n) is 13.1. The zero-order valence-electron chi connectivity index (χ0n) is 25.9. The summed E-state index contributed by atoms with van der Waals surface area (Å²) in [6, 6.07) is 0. The van der Waals surface area contributed by atoms with Crippen molar-refractivity contribution in [3.05, 3.63) is 11.6 Å². The standard InChI is InChI=1S/C27H60O4Si3/c1-21(20-28)18-23(30-33(14,15)26(6,7)8)24(31-34(16,17)27(9,10)11)19-22(2)29-32(12,13)25(3,4)5/h18,22-24,28H,19-20H2,1-17H3/b21-18+/t22-,23-,24-/m0/s1. The molecule has 0 aromatic rings. The van der Waals surface area contributed by atoms with Gasteiger partial charge in [0.05, 0.1) is 18.8 Å². The second-order valence-electron chi connectivity index (χ2n) is 14.9. The van der Waals surface area contributed by atoms with Crippen LogP contribution < -0.4 is 0 Å². The summed E-state index contributed by atoms with van der Waals surface area (Å²) in [4.78, 5) is 0. The maximum absolute atomic E-state index is 9.85. The summed E-state index contributed by atoms with van der Waals surface area (Å²) in [5.74, 6) is 0. The van der Waals surface area contributed by atoms with Gasteiger partial charge in [-0.15, -0.1) is 0 Å². The lowest BCUT2D eigenvalue weighted by Gasteiger charge is -2.46. The number of hydrogen-bond acceptors (Lipinski definition) is 4. The average molecular weight is 533 g/mol. The van der Waals surface area contributed by atoms with Gasteiger partial charge >= 0.3 is 0 Å². The Morgan fingerprint density at radius 1 is 0.706 bits per heavy atom. The highest BCUT2D eigenvalue weighted by molar-refractivity contribution is 6.75. The molecule has 7 heteroatoms. The number of aliphatic hydroxyl groups is 1. The van der Waals surface area contributed by atoms with E-state index in [4.69, 9.17) is 13.3 Å². The van der Waals surface area contributed by atoms with E-state index in [2.05, 4.69) is 115 Å². The summed E-state index contributed by atoms with van der Waals surface area (Å²) in [6.45, 7) is 38.5. The van der Waals surface area contributed by atoms with Crippen molar-refractivity contribution in [2.24, 2.45) is 0 Å². The number of hydrogen-bond donors (Lipinski definition) is 1. The Labute approximate surface area is 216 Å². The molecule has 1 N–H and O–H groups in total. The van der Waals surface area contributed by atoms with Gasteiger partial charge in [-0.3, -0.25) is 0 Å². The molecule has 0 heterocycles. The molecular formula is C27H60O4Si3. The van der Waals surface area contributed by atoms with Crippen molar-refractivity contribution in [2.45, 2.75) is 155 Å². The zero-order valence-corrected chi connectivity index (χ0v) is 28.9. The van der Waals surface area contributed by atoms with E-state index in [0.29, 0.717) is 0 Å². The number of rotatable bonds is 11. The van der Waals surface area contributed by atoms with Crippen LogP contribution in [-0.4, -0.2) is 55.0 Å². The Hall–Kier alpha value is 0.231. The fourth-order valence-electron chi connectivity index (χ4n) is 2.93. The van der Waals surface area contributed by atoms with Crippen molar-refractivity contribution in [3.8, 4) is 0 Å². The van der Waals surface area contributed by atoms with Crippen LogP contribution in [-0.2, 0) is 13.3 Å². The van der Waals surface area contributed by atoms with Gasteiger partial charge in [0.15, 0.2) is 25.0 Å². The van der Waals surface area contributed by atoms with E-state index >= 15 is 0 Å². The molecule has 0 radical (unpaired) electrons. The van der Waals surface area contributed by atoms with E-state index in [1.807, 2.05) is 6.92 Å². The minimum Gasteiger partial charge on any atom is -0.414 e. The van der Waals surface area contributed by atoms with Gasteiger partial charge < -0.3 is 18.4 Å². The molecule has 0 saturated carbocycles. The van der Waals surface area contributed by atoms with Crippen molar-refractivity contribution in [3.63, 3.8) is 0 Å². The summed E-state index contributed by atoms with van der Waals surface area (Å²) in [6.07, 6.45) is 2.60. The molecule has 0 bridgehead atoms. The molecule has 0 aliphatic carbocycles.